The third-order valence-electron chi connectivity index (χ3n) is 5.14. The third kappa shape index (κ3) is 6.58. The van der Waals surface area contributed by atoms with Crippen molar-refractivity contribution in [1.29, 1.82) is 0 Å². The van der Waals surface area contributed by atoms with E-state index in [1.807, 2.05) is 0 Å². The van der Waals surface area contributed by atoms with Crippen molar-refractivity contribution in [3.63, 3.8) is 0 Å². The number of hydrogen-bond donors (Lipinski definition) is 2. The Morgan fingerprint density at radius 2 is 1.73 bits per heavy atom. The zero-order valence-corrected chi connectivity index (χ0v) is 20.7. The maximum Gasteiger partial charge on any atom is 0.339 e. The first-order valence-corrected chi connectivity index (χ1v) is 12.1. The minimum atomic E-state index is -4.13. The van der Waals surface area contributed by atoms with Crippen LogP contribution in [0.1, 0.15) is 22.8 Å². The molecular weight excluding hydrogens is 509 g/mol. The lowest BCUT2D eigenvalue weighted by atomic mass is 10.1. The van der Waals surface area contributed by atoms with Gasteiger partial charge in [-0.1, -0.05) is 6.07 Å². The van der Waals surface area contributed by atoms with Crippen LogP contribution in [0.25, 0.3) is 0 Å². The van der Waals surface area contributed by atoms with Gasteiger partial charge in [-0.15, -0.1) is 0 Å². The van der Waals surface area contributed by atoms with Gasteiger partial charge in [0.2, 0.25) is 0 Å². The number of esters is 1. The summed E-state index contributed by atoms with van der Waals surface area (Å²) in [6.07, 6.45) is -1.35. The van der Waals surface area contributed by atoms with Crippen LogP contribution in [0.3, 0.4) is 0 Å². The average Bonchev–Trinajstić information content (AvgIpc) is 2.85. The first kappa shape index (κ1) is 27.1. The second kappa shape index (κ2) is 11.0. The van der Waals surface area contributed by atoms with Gasteiger partial charge < -0.3 is 14.8 Å². The summed E-state index contributed by atoms with van der Waals surface area (Å²) in [5.74, 6) is -2.15. The van der Waals surface area contributed by atoms with Crippen LogP contribution in [0, 0.1) is 22.9 Å². The topological polar surface area (TPSA) is 154 Å². The van der Waals surface area contributed by atoms with Crippen LogP contribution >= 0.6 is 0 Å². The summed E-state index contributed by atoms with van der Waals surface area (Å²) in [5, 5.41) is 13.5. The quantitative estimate of drug-likeness (QED) is 0.238. The van der Waals surface area contributed by atoms with Gasteiger partial charge in [0, 0.05) is 17.8 Å². The van der Waals surface area contributed by atoms with Gasteiger partial charge >= 0.3 is 5.97 Å². The van der Waals surface area contributed by atoms with Crippen molar-refractivity contribution in [2.45, 2.75) is 24.8 Å². The van der Waals surface area contributed by atoms with E-state index in [9.17, 15) is 32.5 Å². The Balaban J connectivity index is 1.76. The summed E-state index contributed by atoms with van der Waals surface area (Å²) in [7, 11) is -2.82. The molecule has 3 aromatic rings. The van der Waals surface area contributed by atoms with Gasteiger partial charge in [-0.05, 0) is 61.9 Å². The van der Waals surface area contributed by atoms with Crippen molar-refractivity contribution >= 4 is 39.0 Å². The van der Waals surface area contributed by atoms with Crippen molar-refractivity contribution < 1.29 is 36.8 Å². The molecule has 0 heterocycles. The molecule has 1 amide bonds. The Labute approximate surface area is 211 Å². The van der Waals surface area contributed by atoms with Gasteiger partial charge in [0.25, 0.3) is 21.6 Å². The Morgan fingerprint density at radius 1 is 1.05 bits per heavy atom. The largest absolute Gasteiger partial charge is 0.495 e. The van der Waals surface area contributed by atoms with E-state index in [1.54, 1.807) is 6.92 Å². The predicted molar refractivity (Wildman–Crippen MR) is 132 cm³/mol. The number of benzene rings is 3. The van der Waals surface area contributed by atoms with Crippen LogP contribution in [0.5, 0.6) is 5.75 Å². The lowest BCUT2D eigenvalue weighted by Gasteiger charge is -2.16. The first-order chi connectivity index (χ1) is 17.4. The van der Waals surface area contributed by atoms with Gasteiger partial charge in [0.15, 0.2) is 6.10 Å². The molecule has 0 radical (unpaired) electrons. The zero-order valence-electron chi connectivity index (χ0n) is 19.9. The van der Waals surface area contributed by atoms with Crippen LogP contribution in [-0.4, -0.2) is 38.4 Å². The number of aryl methyl sites for hydroxylation is 1. The average molecular weight is 532 g/mol. The van der Waals surface area contributed by atoms with Gasteiger partial charge in [-0.3, -0.25) is 19.6 Å². The van der Waals surface area contributed by atoms with Gasteiger partial charge in [0.1, 0.15) is 11.6 Å². The molecule has 3 rings (SSSR count). The van der Waals surface area contributed by atoms with Crippen LogP contribution in [0.2, 0.25) is 0 Å². The molecule has 3 aromatic carbocycles. The Morgan fingerprint density at radius 3 is 2.35 bits per heavy atom. The van der Waals surface area contributed by atoms with Crippen molar-refractivity contribution in [1.82, 2.24) is 0 Å². The summed E-state index contributed by atoms with van der Waals surface area (Å²) in [5.41, 5.74) is 0.116. The minimum Gasteiger partial charge on any atom is -0.495 e. The van der Waals surface area contributed by atoms with Gasteiger partial charge in [0.05, 0.1) is 28.2 Å². The number of halogens is 1. The normalized spacial score (nSPS) is 11.8. The first-order valence-electron chi connectivity index (χ1n) is 10.6. The van der Waals surface area contributed by atoms with Crippen molar-refractivity contribution in [3.05, 3.63) is 87.7 Å². The summed E-state index contributed by atoms with van der Waals surface area (Å²) in [4.78, 5) is 35.6. The van der Waals surface area contributed by atoms with Gasteiger partial charge in [-0.25, -0.2) is 17.6 Å². The molecule has 11 nitrogen and oxygen atoms in total. The molecule has 0 aromatic heterocycles. The zero-order chi connectivity index (χ0) is 27.3. The smallest absolute Gasteiger partial charge is 0.339 e. The number of hydrogen-bond acceptors (Lipinski definition) is 8. The fourth-order valence-corrected chi connectivity index (χ4v) is 4.22. The predicted octanol–water partition coefficient (Wildman–Crippen LogP) is 4.04. The van der Waals surface area contributed by atoms with Gasteiger partial charge in [-0.2, -0.15) is 0 Å². The molecule has 0 aliphatic carbocycles. The number of nitrogens with zero attached hydrogens (tertiary/aromatic N) is 1. The van der Waals surface area contributed by atoms with Crippen LogP contribution in [0.15, 0.2) is 65.6 Å². The Bertz CT molecular complexity index is 1460. The molecule has 194 valence electrons. The van der Waals surface area contributed by atoms with E-state index in [-0.39, 0.29) is 33.3 Å². The summed E-state index contributed by atoms with van der Waals surface area (Å²) >= 11 is 0. The maximum atomic E-state index is 13.1. The number of ether oxygens (including phenoxy) is 2. The molecule has 13 heteroatoms. The molecule has 1 atom stereocenters. The summed E-state index contributed by atoms with van der Waals surface area (Å²) in [6.45, 7) is 2.84. The molecule has 0 aliphatic rings. The molecule has 0 bridgehead atoms. The highest BCUT2D eigenvalue weighted by molar-refractivity contribution is 7.92. The fraction of sp³-hybridized carbons (Fsp3) is 0.167. The van der Waals surface area contributed by atoms with Crippen molar-refractivity contribution in [2.24, 2.45) is 0 Å². The number of sulfonamides is 1. The SMILES string of the molecule is COc1ccc([N+](=O)[O-])cc1NC(=O)[C@@H](C)OC(=O)c1cc(S(=O)(=O)Nc2ccc(F)cc2)ccc1C. The highest BCUT2D eigenvalue weighted by Gasteiger charge is 2.24. The third-order valence-corrected chi connectivity index (χ3v) is 6.52. The number of nitro benzene ring substituents is 1. The number of carbonyl (C=O) groups excluding carboxylic acids is 2. The number of carbonyl (C=O) groups is 2. The highest BCUT2D eigenvalue weighted by atomic mass is 32.2. The highest BCUT2D eigenvalue weighted by Crippen LogP contribution is 2.29. The standard InChI is InChI=1S/C24H22FN3O8S/c1-14-4-10-19(37(33,34)27-17-7-5-16(25)6-8-17)13-20(14)24(30)36-15(2)23(29)26-21-12-18(28(31)32)9-11-22(21)35-3/h4-13,15,27H,1-3H3,(H,26,29)/t15-/m1/s1. The molecule has 0 saturated carbocycles. The molecule has 0 saturated heterocycles. The minimum absolute atomic E-state index is 0.000683. The lowest BCUT2D eigenvalue weighted by molar-refractivity contribution is -0.384. The van der Waals surface area contributed by atoms with Crippen molar-refractivity contribution in [3.8, 4) is 5.75 Å². The number of nitro groups is 1. The van der Waals surface area contributed by atoms with Crippen LogP contribution in [-0.2, 0) is 19.6 Å². The molecule has 0 unspecified atom stereocenters. The van der Waals surface area contributed by atoms with Crippen LogP contribution < -0.4 is 14.8 Å². The summed E-state index contributed by atoms with van der Waals surface area (Å²) in [6, 6.07) is 12.0. The molecule has 37 heavy (non-hydrogen) atoms. The molecule has 0 aliphatic heterocycles. The van der Waals surface area contributed by atoms with E-state index in [0.717, 1.165) is 24.3 Å². The van der Waals surface area contributed by atoms with E-state index in [4.69, 9.17) is 9.47 Å². The molecule has 0 spiro atoms. The van der Waals surface area contributed by atoms with E-state index in [1.165, 1.54) is 50.4 Å². The number of nitrogens with one attached hydrogen (secondary N) is 2. The van der Waals surface area contributed by atoms with E-state index in [2.05, 4.69) is 10.0 Å². The fourth-order valence-electron chi connectivity index (χ4n) is 3.14. The number of methoxy groups -OCH3 is 1. The maximum absolute atomic E-state index is 13.1. The number of anilines is 2. The van der Waals surface area contributed by atoms with E-state index < -0.39 is 38.7 Å². The number of rotatable bonds is 9. The monoisotopic (exact) mass is 531 g/mol. The van der Waals surface area contributed by atoms with E-state index in [0.29, 0.717) is 5.56 Å². The second-order valence-corrected chi connectivity index (χ2v) is 9.45. The Kier molecular flexibility index (Phi) is 8.07. The second-order valence-electron chi connectivity index (χ2n) is 7.77. The van der Waals surface area contributed by atoms with Crippen molar-refractivity contribution in [2.75, 3.05) is 17.1 Å². The van der Waals surface area contributed by atoms with E-state index >= 15 is 0 Å². The molecule has 2 N–H and O–H groups in total. The number of amides is 1. The Hall–Kier alpha value is -4.52. The number of non-ortho nitro benzene ring substituents is 1. The molecular formula is C24H22FN3O8S. The molecule has 0 fully saturated rings. The van der Waals surface area contributed by atoms with Crippen LogP contribution in [0.4, 0.5) is 21.5 Å². The summed E-state index contributed by atoms with van der Waals surface area (Å²) < 4.78 is 51.2. The lowest BCUT2D eigenvalue weighted by Crippen LogP contribution is -2.30.